The summed E-state index contributed by atoms with van der Waals surface area (Å²) in [5.41, 5.74) is 3.98. The van der Waals surface area contributed by atoms with Crippen LogP contribution in [0.15, 0.2) is 84.9 Å². The third-order valence-corrected chi connectivity index (χ3v) is 5.73. The van der Waals surface area contributed by atoms with Gasteiger partial charge in [-0.2, -0.15) is 0 Å². The fourth-order valence-electron chi connectivity index (χ4n) is 2.93. The topological polar surface area (TPSA) is 43.4 Å². The van der Waals surface area contributed by atoms with Gasteiger partial charge in [-0.15, -0.1) is 11.8 Å². The zero-order valence-corrected chi connectivity index (χ0v) is 16.5. The third kappa shape index (κ3) is 5.33. The number of benzene rings is 3. The maximum atomic E-state index is 12.7. The Labute approximate surface area is 169 Å². The van der Waals surface area contributed by atoms with E-state index in [1.165, 1.54) is 18.9 Å². The molecule has 0 aliphatic rings. The van der Waals surface area contributed by atoms with Gasteiger partial charge < -0.3 is 4.74 Å². The second-order valence-electron chi connectivity index (χ2n) is 6.36. The lowest BCUT2D eigenvalue weighted by molar-refractivity contribution is -0.137. The molecule has 0 saturated heterocycles. The molecule has 0 unspecified atom stereocenters. The molecular weight excluding hydrogens is 368 g/mol. The highest BCUT2D eigenvalue weighted by Gasteiger charge is 2.19. The van der Waals surface area contributed by atoms with Crippen molar-refractivity contribution in [2.75, 3.05) is 12.9 Å². The Morgan fingerprint density at radius 1 is 0.821 bits per heavy atom. The molecule has 0 spiro atoms. The van der Waals surface area contributed by atoms with E-state index in [2.05, 4.69) is 24.3 Å². The third-order valence-electron chi connectivity index (χ3n) is 4.49. The lowest BCUT2D eigenvalue weighted by Crippen LogP contribution is -2.09. The summed E-state index contributed by atoms with van der Waals surface area (Å²) in [4.78, 5) is 24.3. The summed E-state index contributed by atoms with van der Waals surface area (Å²) in [5, 5.41) is -0.114. The van der Waals surface area contributed by atoms with E-state index in [1.54, 1.807) is 0 Å². The Balaban J connectivity index is 1.79. The first-order valence-corrected chi connectivity index (χ1v) is 10.1. The van der Waals surface area contributed by atoms with E-state index in [9.17, 15) is 9.59 Å². The van der Waals surface area contributed by atoms with E-state index in [-0.39, 0.29) is 22.8 Å². The molecule has 0 aliphatic carbocycles. The Morgan fingerprint density at radius 3 is 2.00 bits per heavy atom. The molecule has 3 aromatic carbocycles. The average molecular weight is 391 g/mol. The van der Waals surface area contributed by atoms with E-state index >= 15 is 0 Å². The van der Waals surface area contributed by atoms with Crippen molar-refractivity contribution in [1.29, 1.82) is 0 Å². The number of esters is 1. The number of methoxy groups -OCH3 is 1. The van der Waals surface area contributed by atoms with Crippen LogP contribution >= 0.6 is 11.8 Å². The van der Waals surface area contributed by atoms with Gasteiger partial charge in [-0.25, -0.2) is 0 Å². The number of ether oxygens (including phenoxy) is 1. The molecule has 0 heterocycles. The monoisotopic (exact) mass is 390 g/mol. The van der Waals surface area contributed by atoms with Crippen molar-refractivity contribution in [3.63, 3.8) is 0 Å². The maximum absolute atomic E-state index is 12.7. The minimum Gasteiger partial charge on any atom is -0.468 e. The zero-order chi connectivity index (χ0) is 19.8. The van der Waals surface area contributed by atoms with Gasteiger partial charge in [-0.3, -0.25) is 9.59 Å². The predicted octanol–water partition coefficient (Wildman–Crippen LogP) is 5.57. The minimum absolute atomic E-state index is 0.0649. The molecule has 0 aromatic heterocycles. The van der Waals surface area contributed by atoms with Crippen LogP contribution in [-0.2, 0) is 9.53 Å². The SMILES string of the molecule is COC(=O)CS[C@@H](CC(=O)c1ccccc1)c1ccc(-c2ccccc2)cc1. The van der Waals surface area contributed by atoms with Crippen LogP contribution in [0.4, 0.5) is 0 Å². The molecule has 142 valence electrons. The van der Waals surface area contributed by atoms with Gasteiger partial charge in [-0.05, 0) is 16.7 Å². The highest BCUT2D eigenvalue weighted by atomic mass is 32.2. The number of hydrogen-bond acceptors (Lipinski definition) is 4. The van der Waals surface area contributed by atoms with E-state index in [1.807, 2.05) is 60.7 Å². The summed E-state index contributed by atoms with van der Waals surface area (Å²) >= 11 is 1.44. The number of carbonyl (C=O) groups is 2. The molecule has 0 bridgehead atoms. The van der Waals surface area contributed by atoms with Gasteiger partial charge in [0.05, 0.1) is 12.9 Å². The lowest BCUT2D eigenvalue weighted by atomic mass is 9.99. The Morgan fingerprint density at radius 2 is 1.39 bits per heavy atom. The maximum Gasteiger partial charge on any atom is 0.315 e. The van der Waals surface area contributed by atoms with Crippen LogP contribution in [0.5, 0.6) is 0 Å². The number of hydrogen-bond donors (Lipinski definition) is 0. The van der Waals surface area contributed by atoms with E-state index in [4.69, 9.17) is 4.74 Å². The summed E-state index contributed by atoms with van der Waals surface area (Å²) in [5.74, 6) is -0.0119. The van der Waals surface area contributed by atoms with Crippen molar-refractivity contribution in [1.82, 2.24) is 0 Å². The number of thioether (sulfide) groups is 1. The van der Waals surface area contributed by atoms with E-state index in [0.717, 1.165) is 16.7 Å². The van der Waals surface area contributed by atoms with Gasteiger partial charge in [-0.1, -0.05) is 84.9 Å². The summed E-state index contributed by atoms with van der Waals surface area (Å²) in [6, 6.07) is 27.6. The highest BCUT2D eigenvalue weighted by Crippen LogP contribution is 2.34. The van der Waals surface area contributed by atoms with Crippen molar-refractivity contribution in [2.45, 2.75) is 11.7 Å². The van der Waals surface area contributed by atoms with Crippen LogP contribution < -0.4 is 0 Å². The van der Waals surface area contributed by atoms with Crippen molar-refractivity contribution >= 4 is 23.5 Å². The number of Topliss-reactive ketones (excluding diaryl/α,β-unsaturated/α-hetero) is 1. The van der Waals surface area contributed by atoms with Crippen LogP contribution in [0.3, 0.4) is 0 Å². The molecule has 0 fully saturated rings. The second kappa shape index (κ2) is 9.90. The molecule has 28 heavy (non-hydrogen) atoms. The fourth-order valence-corrected chi connectivity index (χ4v) is 4.01. The molecule has 0 N–H and O–H groups in total. The Hall–Kier alpha value is -2.85. The normalized spacial score (nSPS) is 11.6. The van der Waals surface area contributed by atoms with E-state index < -0.39 is 0 Å². The van der Waals surface area contributed by atoms with Crippen molar-refractivity contribution in [3.8, 4) is 11.1 Å². The van der Waals surface area contributed by atoms with Gasteiger partial charge in [0.15, 0.2) is 5.78 Å². The van der Waals surface area contributed by atoms with Gasteiger partial charge in [0.2, 0.25) is 0 Å². The molecule has 0 aliphatic heterocycles. The average Bonchev–Trinajstić information content (AvgIpc) is 2.77. The van der Waals surface area contributed by atoms with Crippen LogP contribution in [0, 0.1) is 0 Å². The molecule has 0 amide bonds. The molecule has 3 aromatic rings. The first kappa shape index (κ1) is 19.9. The number of rotatable bonds is 8. The smallest absolute Gasteiger partial charge is 0.315 e. The largest absolute Gasteiger partial charge is 0.468 e. The summed E-state index contributed by atoms with van der Waals surface area (Å²) in [6.07, 6.45) is 0.330. The molecular formula is C24H22O3S. The van der Waals surface area contributed by atoms with Crippen molar-refractivity contribution < 1.29 is 14.3 Å². The van der Waals surface area contributed by atoms with Crippen LogP contribution in [-0.4, -0.2) is 24.6 Å². The standard InChI is InChI=1S/C24H22O3S/c1-27-24(26)17-28-23(16-22(25)20-10-6-3-7-11-20)21-14-12-19(13-15-21)18-8-4-2-5-9-18/h2-15,23H,16-17H2,1H3/t23-/m0/s1. The molecule has 4 heteroatoms. The quantitative estimate of drug-likeness (QED) is 0.372. The van der Waals surface area contributed by atoms with Crippen molar-refractivity contribution in [2.24, 2.45) is 0 Å². The first-order valence-electron chi connectivity index (χ1n) is 9.09. The second-order valence-corrected chi connectivity index (χ2v) is 7.55. The first-order chi connectivity index (χ1) is 13.7. The van der Waals surface area contributed by atoms with Gasteiger partial charge in [0, 0.05) is 17.2 Å². The fraction of sp³-hybridized carbons (Fsp3) is 0.167. The Bertz CT molecular complexity index is 906. The molecule has 3 nitrogen and oxygen atoms in total. The van der Waals surface area contributed by atoms with Crippen LogP contribution in [0.2, 0.25) is 0 Å². The summed E-state index contributed by atoms with van der Waals surface area (Å²) in [7, 11) is 1.38. The molecule has 0 saturated carbocycles. The van der Waals surface area contributed by atoms with E-state index in [0.29, 0.717) is 12.0 Å². The Kier molecular flexibility index (Phi) is 7.04. The van der Waals surface area contributed by atoms with Gasteiger partial charge in [0.25, 0.3) is 0 Å². The van der Waals surface area contributed by atoms with Gasteiger partial charge in [0.1, 0.15) is 0 Å². The minimum atomic E-state index is -0.289. The molecule has 3 rings (SSSR count). The number of carbonyl (C=O) groups excluding carboxylic acids is 2. The summed E-state index contributed by atoms with van der Waals surface area (Å²) < 4.78 is 4.76. The molecule has 1 atom stereocenters. The highest BCUT2D eigenvalue weighted by molar-refractivity contribution is 8.00. The van der Waals surface area contributed by atoms with Crippen LogP contribution in [0.1, 0.15) is 27.6 Å². The number of ketones is 1. The zero-order valence-electron chi connectivity index (χ0n) is 15.7. The predicted molar refractivity (Wildman–Crippen MR) is 114 cm³/mol. The van der Waals surface area contributed by atoms with Gasteiger partial charge >= 0.3 is 5.97 Å². The molecule has 0 radical (unpaired) electrons. The van der Waals surface area contributed by atoms with Crippen LogP contribution in [0.25, 0.3) is 11.1 Å². The van der Waals surface area contributed by atoms with Crippen molar-refractivity contribution in [3.05, 3.63) is 96.1 Å². The lowest BCUT2D eigenvalue weighted by Gasteiger charge is -2.17. The summed E-state index contributed by atoms with van der Waals surface area (Å²) in [6.45, 7) is 0.